The van der Waals surface area contributed by atoms with E-state index in [9.17, 15) is 8.78 Å². The number of methoxy groups -OCH3 is 1. The Labute approximate surface area is 225 Å². The lowest BCUT2D eigenvalue weighted by Gasteiger charge is -2.40. The minimum atomic E-state index is -0.593. The van der Waals surface area contributed by atoms with Crippen LogP contribution < -0.4 is 9.64 Å². The van der Waals surface area contributed by atoms with Crippen molar-refractivity contribution < 1.29 is 18.3 Å². The molecule has 2 aromatic heterocycles. The first kappa shape index (κ1) is 26.3. The largest absolute Gasteiger partial charge is 0.471 e. The normalized spacial score (nSPS) is 16.3. The number of ether oxygens (including phenoxy) is 2. The first-order valence-corrected chi connectivity index (χ1v) is 13.0. The smallest absolute Gasteiger partial charge is 0.252 e. The molecule has 0 unspecified atom stereocenters. The molecule has 38 heavy (non-hydrogen) atoms. The van der Waals surface area contributed by atoms with Crippen LogP contribution in [0.3, 0.4) is 0 Å². The maximum atomic E-state index is 14.5. The van der Waals surface area contributed by atoms with Gasteiger partial charge in [0.1, 0.15) is 24.1 Å². The molecule has 2 aromatic carbocycles. The predicted octanol–water partition coefficient (Wildman–Crippen LogP) is 5.30. The van der Waals surface area contributed by atoms with E-state index in [1.165, 1.54) is 18.2 Å². The number of anilines is 1. The molecule has 0 saturated carbocycles. The van der Waals surface area contributed by atoms with E-state index in [-0.39, 0.29) is 29.1 Å². The predicted molar refractivity (Wildman–Crippen MR) is 144 cm³/mol. The standard InChI is InChI=1S/C28H30ClF2N5O2/c1-19-16-35(26-10-9-22(30)28(33-26)38-18-20-7-8-21(29)15-23(20)31)12-11-34(19)17-27-32-24-5-3-4-6-25(24)36(27)13-14-37-2/h3-10,15,19H,11-14,16-18H2,1-2H3/t19-/m0/s1. The van der Waals surface area contributed by atoms with Crippen LogP contribution in [0.1, 0.15) is 18.3 Å². The number of piperazine rings is 1. The number of hydrogen-bond acceptors (Lipinski definition) is 6. The van der Waals surface area contributed by atoms with Gasteiger partial charge in [0.2, 0.25) is 0 Å². The molecule has 1 aliphatic heterocycles. The maximum Gasteiger partial charge on any atom is 0.252 e. The van der Waals surface area contributed by atoms with Crippen molar-refractivity contribution in [2.75, 3.05) is 38.3 Å². The molecular weight excluding hydrogens is 512 g/mol. The van der Waals surface area contributed by atoms with Crippen molar-refractivity contribution >= 4 is 28.5 Å². The van der Waals surface area contributed by atoms with Crippen LogP contribution in [0.2, 0.25) is 5.02 Å². The van der Waals surface area contributed by atoms with Crippen LogP contribution in [-0.2, 0) is 24.4 Å². The highest BCUT2D eigenvalue weighted by atomic mass is 35.5. The number of fused-ring (bicyclic) bond motifs is 1. The second-order valence-electron chi connectivity index (χ2n) is 9.41. The van der Waals surface area contributed by atoms with Crippen molar-refractivity contribution in [3.63, 3.8) is 0 Å². The fourth-order valence-corrected chi connectivity index (χ4v) is 4.93. The molecule has 1 atom stereocenters. The molecule has 5 rings (SSSR count). The van der Waals surface area contributed by atoms with Gasteiger partial charge in [-0.1, -0.05) is 29.8 Å². The molecule has 0 aliphatic carbocycles. The molecule has 200 valence electrons. The molecule has 0 bridgehead atoms. The molecular formula is C28H30ClF2N5O2. The van der Waals surface area contributed by atoms with E-state index in [0.29, 0.717) is 32.1 Å². The van der Waals surface area contributed by atoms with Crippen LogP contribution in [0.4, 0.5) is 14.6 Å². The Kier molecular flexibility index (Phi) is 8.06. The lowest BCUT2D eigenvalue weighted by molar-refractivity contribution is 0.166. The van der Waals surface area contributed by atoms with Crippen LogP contribution in [0.5, 0.6) is 5.88 Å². The fraction of sp³-hybridized carbons (Fsp3) is 0.357. The molecule has 1 saturated heterocycles. The third-order valence-electron chi connectivity index (χ3n) is 6.86. The third-order valence-corrected chi connectivity index (χ3v) is 7.10. The first-order chi connectivity index (χ1) is 18.4. The van der Waals surface area contributed by atoms with E-state index in [4.69, 9.17) is 26.1 Å². The monoisotopic (exact) mass is 541 g/mol. The molecule has 3 heterocycles. The summed E-state index contributed by atoms with van der Waals surface area (Å²) in [6, 6.07) is 15.6. The van der Waals surface area contributed by atoms with Gasteiger partial charge in [-0.15, -0.1) is 0 Å². The average Bonchev–Trinajstić information content (AvgIpc) is 3.25. The number of aromatic nitrogens is 3. The maximum absolute atomic E-state index is 14.5. The number of para-hydroxylation sites is 2. The molecule has 1 fully saturated rings. The van der Waals surface area contributed by atoms with Gasteiger partial charge in [-0.25, -0.2) is 13.8 Å². The Morgan fingerprint density at radius 2 is 1.87 bits per heavy atom. The molecule has 0 spiro atoms. The van der Waals surface area contributed by atoms with Crippen molar-refractivity contribution in [3.05, 3.63) is 82.6 Å². The van der Waals surface area contributed by atoms with Crippen LogP contribution >= 0.6 is 11.6 Å². The Balaban J connectivity index is 1.26. The van der Waals surface area contributed by atoms with Gasteiger partial charge in [-0.2, -0.15) is 4.98 Å². The molecule has 7 nitrogen and oxygen atoms in total. The third kappa shape index (κ3) is 5.75. The lowest BCUT2D eigenvalue weighted by Crippen LogP contribution is -2.52. The van der Waals surface area contributed by atoms with E-state index < -0.39 is 11.6 Å². The van der Waals surface area contributed by atoms with E-state index in [1.807, 2.05) is 18.2 Å². The number of pyridine rings is 1. The van der Waals surface area contributed by atoms with E-state index in [1.54, 1.807) is 19.2 Å². The number of halogens is 3. The summed E-state index contributed by atoms with van der Waals surface area (Å²) in [5.74, 6) is 0.378. The molecule has 0 radical (unpaired) electrons. The second-order valence-corrected chi connectivity index (χ2v) is 9.84. The van der Waals surface area contributed by atoms with E-state index in [0.717, 1.165) is 29.9 Å². The highest BCUT2D eigenvalue weighted by Crippen LogP contribution is 2.25. The van der Waals surface area contributed by atoms with Gasteiger partial charge in [0, 0.05) is 49.9 Å². The van der Waals surface area contributed by atoms with Crippen LogP contribution in [-0.4, -0.2) is 58.8 Å². The number of hydrogen-bond donors (Lipinski definition) is 0. The minimum absolute atomic E-state index is 0.148. The Morgan fingerprint density at radius 3 is 2.66 bits per heavy atom. The van der Waals surface area contributed by atoms with Crippen molar-refractivity contribution in [2.45, 2.75) is 32.7 Å². The van der Waals surface area contributed by atoms with Crippen LogP contribution in [0, 0.1) is 11.6 Å². The second kappa shape index (κ2) is 11.6. The summed E-state index contributed by atoms with van der Waals surface area (Å²) < 4.78 is 41.7. The topological polar surface area (TPSA) is 55.7 Å². The summed E-state index contributed by atoms with van der Waals surface area (Å²) >= 11 is 5.81. The van der Waals surface area contributed by atoms with Gasteiger partial charge in [0.25, 0.3) is 5.88 Å². The highest BCUT2D eigenvalue weighted by molar-refractivity contribution is 6.30. The van der Waals surface area contributed by atoms with Crippen molar-refractivity contribution in [1.82, 2.24) is 19.4 Å². The van der Waals surface area contributed by atoms with Gasteiger partial charge in [0.15, 0.2) is 5.82 Å². The van der Waals surface area contributed by atoms with Gasteiger partial charge in [-0.05, 0) is 43.3 Å². The minimum Gasteiger partial charge on any atom is -0.471 e. The van der Waals surface area contributed by atoms with Crippen molar-refractivity contribution in [1.29, 1.82) is 0 Å². The number of nitrogens with zero attached hydrogens (tertiary/aromatic N) is 5. The number of rotatable bonds is 9. The molecule has 1 aliphatic rings. The van der Waals surface area contributed by atoms with Crippen molar-refractivity contribution in [2.24, 2.45) is 0 Å². The van der Waals surface area contributed by atoms with Gasteiger partial charge < -0.3 is 18.9 Å². The summed E-state index contributed by atoms with van der Waals surface area (Å²) in [5.41, 5.74) is 2.36. The van der Waals surface area contributed by atoms with E-state index >= 15 is 0 Å². The molecule has 0 N–H and O–H groups in total. The van der Waals surface area contributed by atoms with Crippen LogP contribution in [0.25, 0.3) is 11.0 Å². The van der Waals surface area contributed by atoms with E-state index in [2.05, 4.69) is 32.3 Å². The Bertz CT molecular complexity index is 1420. The molecule has 4 aromatic rings. The Hall–Kier alpha value is -3.27. The number of benzene rings is 2. The first-order valence-electron chi connectivity index (χ1n) is 12.6. The average molecular weight is 542 g/mol. The fourth-order valence-electron chi connectivity index (χ4n) is 4.77. The SMILES string of the molecule is COCCn1c(CN2CCN(c3ccc(F)c(OCc4ccc(Cl)cc4F)n3)C[C@@H]2C)nc2ccccc21. The number of imidazole rings is 1. The Morgan fingerprint density at radius 1 is 1.03 bits per heavy atom. The lowest BCUT2D eigenvalue weighted by atomic mass is 10.2. The molecule has 0 amide bonds. The summed E-state index contributed by atoms with van der Waals surface area (Å²) in [5, 5.41) is 0.290. The zero-order chi connectivity index (χ0) is 26.6. The van der Waals surface area contributed by atoms with Gasteiger partial charge in [-0.3, -0.25) is 4.90 Å². The quantitative estimate of drug-likeness (QED) is 0.287. The summed E-state index contributed by atoms with van der Waals surface area (Å²) in [6.07, 6.45) is 0. The van der Waals surface area contributed by atoms with Crippen LogP contribution in [0.15, 0.2) is 54.6 Å². The zero-order valence-electron chi connectivity index (χ0n) is 21.4. The van der Waals surface area contributed by atoms with Crippen molar-refractivity contribution in [3.8, 4) is 5.88 Å². The summed E-state index contributed by atoms with van der Waals surface area (Å²) in [7, 11) is 1.70. The highest BCUT2D eigenvalue weighted by Gasteiger charge is 2.27. The van der Waals surface area contributed by atoms with Gasteiger partial charge in [0.05, 0.1) is 24.2 Å². The zero-order valence-corrected chi connectivity index (χ0v) is 22.2. The molecule has 10 heteroatoms. The summed E-state index contributed by atoms with van der Waals surface area (Å²) in [6.45, 7) is 6.30. The summed E-state index contributed by atoms with van der Waals surface area (Å²) in [4.78, 5) is 13.8. The van der Waals surface area contributed by atoms with Gasteiger partial charge >= 0.3 is 0 Å².